The lowest BCUT2D eigenvalue weighted by molar-refractivity contribution is -0.274. The number of esters is 1. The maximum Gasteiger partial charge on any atom is 0.573 e. The number of fused-ring (bicyclic) bond motifs is 1. The molecule has 2 heterocycles. The minimum Gasteiger partial charge on any atom is -0.461 e. The lowest BCUT2D eigenvalue weighted by Gasteiger charge is -2.12. The highest BCUT2D eigenvalue weighted by Gasteiger charge is 2.31. The second-order valence-corrected chi connectivity index (χ2v) is 8.41. The van der Waals surface area contributed by atoms with Crippen LogP contribution in [0, 0.1) is 5.82 Å². The molecule has 0 aliphatic heterocycles. The van der Waals surface area contributed by atoms with Crippen LogP contribution in [0.2, 0.25) is 0 Å². The van der Waals surface area contributed by atoms with Gasteiger partial charge in [-0.2, -0.15) is 9.78 Å². The Morgan fingerprint density at radius 1 is 1.08 bits per heavy atom. The van der Waals surface area contributed by atoms with Gasteiger partial charge < -0.3 is 14.8 Å². The third-order valence-corrected chi connectivity index (χ3v) is 5.86. The summed E-state index contributed by atoms with van der Waals surface area (Å²) in [5, 5.41) is 8.41. The first-order chi connectivity index (χ1) is 17.6. The Labute approximate surface area is 210 Å². The van der Waals surface area contributed by atoms with E-state index >= 15 is 0 Å². The van der Waals surface area contributed by atoms with Gasteiger partial charge in [0.05, 0.1) is 24.1 Å². The number of rotatable bonds is 7. The van der Waals surface area contributed by atoms with Gasteiger partial charge >= 0.3 is 12.3 Å². The Balaban J connectivity index is 1.75. The standard InChI is InChI=1S/C24H17F4N3O5S/c1-2-35-23(34)20-17-12-37-21(29-18(32)11-13-3-5-14(25)6-4-13)19(17)22(33)31(30-20)15-7-9-16(10-8-15)36-24(26,27)28/h3-10,12H,2,11H2,1H3,(H,29,32). The van der Waals surface area contributed by atoms with E-state index < -0.39 is 35.4 Å². The number of anilines is 1. The zero-order chi connectivity index (χ0) is 26.7. The number of thiophene rings is 1. The van der Waals surface area contributed by atoms with E-state index in [1.165, 1.54) is 29.6 Å². The SMILES string of the molecule is CCOC(=O)c1nn(-c2ccc(OC(F)(F)F)cc2)c(=O)c2c(NC(=O)Cc3ccc(F)cc3)scc12. The number of amides is 1. The molecule has 0 bridgehead atoms. The highest BCUT2D eigenvalue weighted by Crippen LogP contribution is 2.31. The number of carbonyl (C=O) groups excluding carboxylic acids is 2. The third-order valence-electron chi connectivity index (χ3n) is 4.97. The number of carbonyl (C=O) groups is 2. The largest absolute Gasteiger partial charge is 0.573 e. The van der Waals surface area contributed by atoms with Crippen LogP contribution in [-0.2, 0) is 16.0 Å². The van der Waals surface area contributed by atoms with Gasteiger partial charge in [-0.3, -0.25) is 9.59 Å². The number of ether oxygens (including phenoxy) is 2. The molecule has 4 rings (SSSR count). The fourth-order valence-electron chi connectivity index (χ4n) is 3.41. The van der Waals surface area contributed by atoms with Crippen molar-refractivity contribution in [2.24, 2.45) is 0 Å². The fraction of sp³-hybridized carbons (Fsp3) is 0.167. The van der Waals surface area contributed by atoms with E-state index in [4.69, 9.17) is 4.74 Å². The molecule has 37 heavy (non-hydrogen) atoms. The van der Waals surface area contributed by atoms with E-state index in [1.54, 1.807) is 6.92 Å². The van der Waals surface area contributed by atoms with Gasteiger partial charge in [-0.05, 0) is 48.9 Å². The Morgan fingerprint density at radius 3 is 2.38 bits per heavy atom. The lowest BCUT2D eigenvalue weighted by atomic mass is 10.1. The molecule has 0 aliphatic rings. The highest BCUT2D eigenvalue weighted by molar-refractivity contribution is 7.16. The number of hydrogen-bond donors (Lipinski definition) is 1. The zero-order valence-electron chi connectivity index (χ0n) is 19.0. The average molecular weight is 535 g/mol. The summed E-state index contributed by atoms with van der Waals surface area (Å²) >= 11 is 0.983. The molecule has 0 spiro atoms. The van der Waals surface area contributed by atoms with Crippen LogP contribution in [-0.4, -0.2) is 34.6 Å². The summed E-state index contributed by atoms with van der Waals surface area (Å²) in [6, 6.07) is 9.63. The minimum atomic E-state index is -4.90. The van der Waals surface area contributed by atoms with Gasteiger partial charge in [-0.15, -0.1) is 24.5 Å². The molecule has 0 saturated carbocycles. The number of aromatic nitrogens is 2. The van der Waals surface area contributed by atoms with Crippen molar-refractivity contribution in [2.75, 3.05) is 11.9 Å². The second kappa shape index (κ2) is 10.4. The first-order valence-corrected chi connectivity index (χ1v) is 11.6. The molecular formula is C24H17F4N3O5S. The van der Waals surface area contributed by atoms with Gasteiger partial charge in [-0.1, -0.05) is 12.1 Å². The Bertz CT molecular complexity index is 1510. The van der Waals surface area contributed by atoms with Gasteiger partial charge in [0, 0.05) is 10.8 Å². The average Bonchev–Trinajstić information content (AvgIpc) is 3.24. The van der Waals surface area contributed by atoms with Crippen LogP contribution in [0.15, 0.2) is 58.7 Å². The Kier molecular flexibility index (Phi) is 7.25. The molecule has 4 aromatic rings. The molecule has 0 aliphatic carbocycles. The van der Waals surface area contributed by atoms with Crippen molar-refractivity contribution >= 4 is 39.0 Å². The molecule has 0 unspecified atom stereocenters. The Morgan fingerprint density at radius 2 is 1.76 bits per heavy atom. The molecule has 0 fully saturated rings. The van der Waals surface area contributed by atoms with Crippen molar-refractivity contribution in [2.45, 2.75) is 19.7 Å². The summed E-state index contributed by atoms with van der Waals surface area (Å²) in [6.45, 7) is 1.61. The smallest absolute Gasteiger partial charge is 0.461 e. The molecule has 0 atom stereocenters. The highest BCUT2D eigenvalue weighted by atomic mass is 32.1. The first-order valence-electron chi connectivity index (χ1n) is 10.7. The molecule has 8 nitrogen and oxygen atoms in total. The maximum atomic E-state index is 13.4. The van der Waals surface area contributed by atoms with Crippen LogP contribution in [0.25, 0.3) is 16.5 Å². The summed E-state index contributed by atoms with van der Waals surface area (Å²) in [5.41, 5.74) is -0.373. The van der Waals surface area contributed by atoms with Crippen molar-refractivity contribution in [1.29, 1.82) is 0 Å². The van der Waals surface area contributed by atoms with Crippen molar-refractivity contribution < 1.29 is 36.6 Å². The number of alkyl halides is 3. The van der Waals surface area contributed by atoms with Crippen molar-refractivity contribution in [3.63, 3.8) is 0 Å². The molecule has 13 heteroatoms. The molecule has 1 N–H and O–H groups in total. The quantitative estimate of drug-likeness (QED) is 0.269. The lowest BCUT2D eigenvalue weighted by Crippen LogP contribution is -2.26. The minimum absolute atomic E-state index is 0.0238. The van der Waals surface area contributed by atoms with Crippen molar-refractivity contribution in [3.8, 4) is 11.4 Å². The van der Waals surface area contributed by atoms with Crippen LogP contribution in [0.4, 0.5) is 22.6 Å². The normalized spacial score (nSPS) is 11.4. The van der Waals surface area contributed by atoms with Gasteiger partial charge in [-0.25, -0.2) is 9.18 Å². The van der Waals surface area contributed by atoms with E-state index in [-0.39, 0.29) is 40.2 Å². The zero-order valence-corrected chi connectivity index (χ0v) is 19.8. The number of nitrogens with zero attached hydrogens (tertiary/aromatic N) is 2. The van der Waals surface area contributed by atoms with Gasteiger partial charge in [0.15, 0.2) is 5.69 Å². The molecule has 1 amide bonds. The van der Waals surface area contributed by atoms with Crippen molar-refractivity contribution in [1.82, 2.24) is 9.78 Å². The fourth-order valence-corrected chi connectivity index (χ4v) is 4.37. The monoisotopic (exact) mass is 535 g/mol. The number of halogens is 4. The first kappa shape index (κ1) is 25.8. The summed E-state index contributed by atoms with van der Waals surface area (Å²) in [5.74, 6) is -2.30. The summed E-state index contributed by atoms with van der Waals surface area (Å²) < 4.78 is 60.3. The summed E-state index contributed by atoms with van der Waals surface area (Å²) in [7, 11) is 0. The van der Waals surface area contributed by atoms with Crippen LogP contribution in [0.5, 0.6) is 5.75 Å². The van der Waals surface area contributed by atoms with Crippen LogP contribution in [0.3, 0.4) is 0 Å². The summed E-state index contributed by atoms with van der Waals surface area (Å²) in [6.07, 6.45) is -5.01. The van der Waals surface area contributed by atoms with Gasteiger partial charge in [0.1, 0.15) is 16.6 Å². The third kappa shape index (κ3) is 5.94. The van der Waals surface area contributed by atoms with E-state index in [2.05, 4.69) is 15.2 Å². The van der Waals surface area contributed by atoms with E-state index in [0.29, 0.717) is 5.56 Å². The predicted molar refractivity (Wildman–Crippen MR) is 127 cm³/mol. The van der Waals surface area contributed by atoms with Crippen LogP contribution in [0.1, 0.15) is 23.0 Å². The van der Waals surface area contributed by atoms with Crippen LogP contribution < -0.4 is 15.6 Å². The molecular weight excluding hydrogens is 518 g/mol. The molecule has 2 aromatic heterocycles. The molecule has 0 saturated heterocycles. The predicted octanol–water partition coefficient (Wildman–Crippen LogP) is 4.84. The number of hydrogen-bond acceptors (Lipinski definition) is 7. The van der Waals surface area contributed by atoms with E-state index in [9.17, 15) is 31.9 Å². The topological polar surface area (TPSA) is 99.5 Å². The molecule has 0 radical (unpaired) electrons. The molecule has 192 valence electrons. The van der Waals surface area contributed by atoms with Crippen LogP contribution >= 0.6 is 11.3 Å². The number of benzene rings is 2. The second-order valence-electron chi connectivity index (χ2n) is 7.53. The van der Waals surface area contributed by atoms with Gasteiger partial charge in [0.2, 0.25) is 5.91 Å². The van der Waals surface area contributed by atoms with Gasteiger partial charge in [0.25, 0.3) is 5.56 Å². The van der Waals surface area contributed by atoms with Crippen molar-refractivity contribution in [3.05, 3.63) is 81.3 Å². The Hall–Kier alpha value is -4.26. The maximum absolute atomic E-state index is 13.4. The summed E-state index contributed by atoms with van der Waals surface area (Å²) in [4.78, 5) is 38.6. The number of nitrogens with one attached hydrogen (secondary N) is 1. The molecule has 2 aromatic carbocycles. The van der Waals surface area contributed by atoms with E-state index in [0.717, 1.165) is 40.3 Å². The van der Waals surface area contributed by atoms with E-state index in [1.807, 2.05) is 0 Å².